The molecule has 0 radical (unpaired) electrons. The molecule has 0 saturated carbocycles. The zero-order chi connectivity index (χ0) is 16.1. The molecular formula is C18H21N3O2. The fourth-order valence-electron chi connectivity index (χ4n) is 3.09. The minimum absolute atomic E-state index is 0.250. The molecule has 5 heteroatoms. The van der Waals surface area contributed by atoms with Crippen LogP contribution >= 0.6 is 0 Å². The number of nitrogens with zero attached hydrogens (tertiary/aromatic N) is 2. The van der Waals surface area contributed by atoms with Gasteiger partial charge in [-0.25, -0.2) is 0 Å². The van der Waals surface area contributed by atoms with Crippen LogP contribution in [0.5, 0.6) is 5.75 Å². The molecule has 3 rings (SSSR count). The SMILES string of the molecule is N#Cc1ccc(OC[C@@H](O)CN2CCC[C@@H]2c2ccc[nH]2)cc1. The van der Waals surface area contributed by atoms with Gasteiger partial charge in [0, 0.05) is 24.5 Å². The molecule has 1 aliphatic heterocycles. The summed E-state index contributed by atoms with van der Waals surface area (Å²) in [6.07, 6.45) is 3.66. The van der Waals surface area contributed by atoms with Crippen LogP contribution in [0.25, 0.3) is 0 Å². The third kappa shape index (κ3) is 3.92. The molecule has 1 aromatic carbocycles. The van der Waals surface area contributed by atoms with Crippen LogP contribution in [0.1, 0.15) is 30.1 Å². The predicted molar refractivity (Wildman–Crippen MR) is 87.0 cm³/mol. The van der Waals surface area contributed by atoms with E-state index < -0.39 is 6.10 Å². The van der Waals surface area contributed by atoms with Gasteiger partial charge in [0.05, 0.1) is 11.6 Å². The van der Waals surface area contributed by atoms with Crippen LogP contribution in [0.4, 0.5) is 0 Å². The number of hydrogen-bond acceptors (Lipinski definition) is 4. The molecule has 5 nitrogen and oxygen atoms in total. The number of aromatic nitrogens is 1. The summed E-state index contributed by atoms with van der Waals surface area (Å²) >= 11 is 0. The third-order valence-electron chi connectivity index (χ3n) is 4.22. The van der Waals surface area contributed by atoms with Gasteiger partial charge in [-0.2, -0.15) is 5.26 Å². The van der Waals surface area contributed by atoms with Crippen molar-refractivity contribution in [2.75, 3.05) is 19.7 Å². The average Bonchev–Trinajstić information content (AvgIpc) is 3.24. The van der Waals surface area contributed by atoms with Crippen LogP contribution < -0.4 is 4.74 Å². The number of H-pyrrole nitrogens is 1. The van der Waals surface area contributed by atoms with Crippen LogP contribution in [0.2, 0.25) is 0 Å². The normalized spacial score (nSPS) is 19.4. The second-order valence-corrected chi connectivity index (χ2v) is 5.88. The first-order valence-corrected chi connectivity index (χ1v) is 7.94. The molecule has 2 aromatic rings. The largest absolute Gasteiger partial charge is 0.491 e. The highest BCUT2D eigenvalue weighted by Gasteiger charge is 2.28. The number of rotatable bonds is 6. The summed E-state index contributed by atoms with van der Waals surface area (Å²) in [5.74, 6) is 0.672. The number of ether oxygens (including phenoxy) is 1. The maximum absolute atomic E-state index is 10.3. The first-order valence-electron chi connectivity index (χ1n) is 7.94. The number of aliphatic hydroxyl groups excluding tert-OH is 1. The minimum Gasteiger partial charge on any atom is -0.491 e. The van der Waals surface area contributed by atoms with Gasteiger partial charge < -0.3 is 14.8 Å². The summed E-state index contributed by atoms with van der Waals surface area (Å²) in [5.41, 5.74) is 1.81. The second-order valence-electron chi connectivity index (χ2n) is 5.88. The van der Waals surface area contributed by atoms with E-state index in [0.29, 0.717) is 23.9 Å². The average molecular weight is 311 g/mol. The maximum atomic E-state index is 10.3. The number of β-amino-alcohol motifs (C(OH)–C–C–N with tert-alkyl or cyclic N) is 1. The molecule has 0 aliphatic carbocycles. The Labute approximate surface area is 136 Å². The molecule has 1 aromatic heterocycles. The number of nitriles is 1. The number of benzene rings is 1. The standard InChI is InChI=1S/C18H21N3O2/c19-11-14-5-7-16(8-6-14)23-13-15(22)12-21-10-2-4-18(21)17-3-1-9-20-17/h1,3,5-9,15,18,20,22H,2,4,10,12-13H2/t15-,18+/m0/s1. The molecule has 1 fully saturated rings. The van der Waals surface area contributed by atoms with Crippen molar-refractivity contribution in [3.8, 4) is 11.8 Å². The van der Waals surface area contributed by atoms with Crippen LogP contribution in [0.3, 0.4) is 0 Å². The molecule has 2 atom stereocenters. The van der Waals surface area contributed by atoms with Gasteiger partial charge in [-0.1, -0.05) is 0 Å². The Morgan fingerprint density at radius 3 is 2.87 bits per heavy atom. The molecule has 0 bridgehead atoms. The van der Waals surface area contributed by atoms with E-state index in [2.05, 4.69) is 22.0 Å². The highest BCUT2D eigenvalue weighted by molar-refractivity contribution is 5.34. The van der Waals surface area contributed by atoms with E-state index in [1.54, 1.807) is 24.3 Å². The first kappa shape index (κ1) is 15.6. The monoisotopic (exact) mass is 311 g/mol. The van der Waals surface area contributed by atoms with Crippen LogP contribution in [-0.4, -0.2) is 40.8 Å². The lowest BCUT2D eigenvalue weighted by Gasteiger charge is -2.26. The second kappa shape index (κ2) is 7.32. The van der Waals surface area contributed by atoms with E-state index in [-0.39, 0.29) is 6.61 Å². The topological polar surface area (TPSA) is 72.3 Å². The minimum atomic E-state index is -0.541. The summed E-state index contributed by atoms with van der Waals surface area (Å²) in [6, 6.07) is 13.5. The van der Waals surface area contributed by atoms with Crippen molar-refractivity contribution in [3.05, 3.63) is 53.9 Å². The van der Waals surface area contributed by atoms with E-state index >= 15 is 0 Å². The van der Waals surface area contributed by atoms with Crippen LogP contribution in [0.15, 0.2) is 42.6 Å². The number of aliphatic hydroxyl groups is 1. The van der Waals surface area contributed by atoms with Gasteiger partial charge in [0.1, 0.15) is 18.5 Å². The van der Waals surface area contributed by atoms with Crippen molar-refractivity contribution < 1.29 is 9.84 Å². The van der Waals surface area contributed by atoms with Gasteiger partial charge in [-0.05, 0) is 55.8 Å². The summed E-state index contributed by atoms with van der Waals surface area (Å²) in [5, 5.41) is 19.0. The van der Waals surface area contributed by atoms with E-state index in [1.807, 2.05) is 12.3 Å². The molecule has 1 saturated heterocycles. The van der Waals surface area contributed by atoms with Crippen LogP contribution in [-0.2, 0) is 0 Å². The Balaban J connectivity index is 1.50. The third-order valence-corrected chi connectivity index (χ3v) is 4.22. The molecule has 2 heterocycles. The molecule has 0 unspecified atom stereocenters. The first-order chi connectivity index (χ1) is 11.3. The molecule has 0 amide bonds. The lowest BCUT2D eigenvalue weighted by atomic mass is 10.1. The maximum Gasteiger partial charge on any atom is 0.119 e. The number of aromatic amines is 1. The van der Waals surface area contributed by atoms with Crippen molar-refractivity contribution in [1.82, 2.24) is 9.88 Å². The van der Waals surface area contributed by atoms with E-state index in [4.69, 9.17) is 10.00 Å². The lowest BCUT2D eigenvalue weighted by Crippen LogP contribution is -2.35. The van der Waals surface area contributed by atoms with Gasteiger partial charge in [0.2, 0.25) is 0 Å². The van der Waals surface area contributed by atoms with Gasteiger partial charge in [-0.3, -0.25) is 4.90 Å². The summed E-state index contributed by atoms with van der Waals surface area (Å²) in [6.45, 7) is 1.84. The zero-order valence-corrected chi connectivity index (χ0v) is 13.0. The Kier molecular flexibility index (Phi) is 4.96. The van der Waals surface area contributed by atoms with Gasteiger partial charge in [0.15, 0.2) is 0 Å². The fraction of sp³-hybridized carbons (Fsp3) is 0.389. The van der Waals surface area contributed by atoms with Gasteiger partial charge in [-0.15, -0.1) is 0 Å². The molecule has 1 aliphatic rings. The Morgan fingerprint density at radius 2 is 2.17 bits per heavy atom. The van der Waals surface area contributed by atoms with E-state index in [9.17, 15) is 5.11 Å². The van der Waals surface area contributed by atoms with Crippen molar-refractivity contribution in [2.24, 2.45) is 0 Å². The van der Waals surface area contributed by atoms with Crippen molar-refractivity contribution in [2.45, 2.75) is 25.0 Å². The number of nitrogens with one attached hydrogen (secondary N) is 1. The molecule has 120 valence electrons. The highest BCUT2D eigenvalue weighted by Crippen LogP contribution is 2.30. The summed E-state index contributed by atoms with van der Waals surface area (Å²) in [7, 11) is 0. The highest BCUT2D eigenvalue weighted by atomic mass is 16.5. The van der Waals surface area contributed by atoms with Crippen molar-refractivity contribution >= 4 is 0 Å². The van der Waals surface area contributed by atoms with Crippen LogP contribution in [0, 0.1) is 11.3 Å². The fourth-order valence-corrected chi connectivity index (χ4v) is 3.09. The van der Waals surface area contributed by atoms with Crippen molar-refractivity contribution in [1.29, 1.82) is 5.26 Å². The molecular weight excluding hydrogens is 290 g/mol. The number of likely N-dealkylation sites (tertiary alicyclic amines) is 1. The lowest BCUT2D eigenvalue weighted by molar-refractivity contribution is 0.0634. The van der Waals surface area contributed by atoms with E-state index in [1.165, 1.54) is 5.69 Å². The zero-order valence-electron chi connectivity index (χ0n) is 13.0. The summed E-state index contributed by atoms with van der Waals surface area (Å²) < 4.78 is 5.61. The molecule has 2 N–H and O–H groups in total. The Bertz CT molecular complexity index is 646. The van der Waals surface area contributed by atoms with Crippen molar-refractivity contribution in [3.63, 3.8) is 0 Å². The smallest absolute Gasteiger partial charge is 0.119 e. The van der Waals surface area contributed by atoms with E-state index in [0.717, 1.165) is 19.4 Å². The number of hydrogen-bond donors (Lipinski definition) is 2. The van der Waals surface area contributed by atoms with Gasteiger partial charge in [0.25, 0.3) is 0 Å². The Morgan fingerprint density at radius 1 is 1.35 bits per heavy atom. The summed E-state index contributed by atoms with van der Waals surface area (Å²) in [4.78, 5) is 5.57. The van der Waals surface area contributed by atoms with Gasteiger partial charge >= 0.3 is 0 Å². The predicted octanol–water partition coefficient (Wildman–Crippen LogP) is 2.46. The Hall–Kier alpha value is -2.29. The molecule has 0 spiro atoms. The molecule has 23 heavy (non-hydrogen) atoms. The quantitative estimate of drug-likeness (QED) is 0.859.